The van der Waals surface area contributed by atoms with E-state index in [0.29, 0.717) is 5.56 Å². The van der Waals surface area contributed by atoms with Gasteiger partial charge in [0.2, 0.25) is 0 Å². The largest absolute Gasteiger partial charge is 0.513 e. The number of carbonyl (C=O) groups is 4. The van der Waals surface area contributed by atoms with Crippen LogP contribution in [0.4, 0.5) is 9.59 Å². The van der Waals surface area contributed by atoms with Crippen LogP contribution in [0.2, 0.25) is 0 Å². The molecule has 0 aliphatic heterocycles. The molecule has 33 heavy (non-hydrogen) atoms. The molecule has 0 amide bonds. The second kappa shape index (κ2) is 13.3. The van der Waals surface area contributed by atoms with Crippen molar-refractivity contribution in [1.29, 1.82) is 0 Å². The Balaban J connectivity index is 3.15. The summed E-state index contributed by atoms with van der Waals surface area (Å²) in [5, 5.41) is 0. The van der Waals surface area contributed by atoms with Crippen molar-refractivity contribution < 1.29 is 47.6 Å². The molecule has 0 aliphatic rings. The third kappa shape index (κ3) is 8.97. The molecule has 2 N–H and O–H groups in total. The van der Waals surface area contributed by atoms with Gasteiger partial charge < -0.3 is 34.2 Å². The molecule has 0 bridgehead atoms. The summed E-state index contributed by atoms with van der Waals surface area (Å²) in [6.45, 7) is 6.62. The zero-order valence-corrected chi connectivity index (χ0v) is 19.5. The highest BCUT2D eigenvalue weighted by atomic mass is 16.7. The molecule has 0 spiro atoms. The summed E-state index contributed by atoms with van der Waals surface area (Å²) >= 11 is 0. The highest BCUT2D eigenvalue weighted by Crippen LogP contribution is 2.31. The Labute approximate surface area is 192 Å². The molecule has 1 aromatic carbocycles. The summed E-state index contributed by atoms with van der Waals surface area (Å²) in [6.07, 6.45) is -2.09. The normalized spacial score (nSPS) is 12.3. The topological polar surface area (TPSA) is 150 Å². The molecule has 0 aromatic heterocycles. The van der Waals surface area contributed by atoms with Gasteiger partial charge >= 0.3 is 24.2 Å². The summed E-state index contributed by atoms with van der Waals surface area (Å²) in [6, 6.07) is 4.25. The minimum Gasteiger partial charge on any atom is -0.468 e. The first kappa shape index (κ1) is 27.7. The van der Waals surface area contributed by atoms with Crippen molar-refractivity contribution in [2.45, 2.75) is 46.1 Å². The van der Waals surface area contributed by atoms with Gasteiger partial charge in [0.05, 0.1) is 32.8 Å². The van der Waals surface area contributed by atoms with E-state index in [2.05, 4.69) is 0 Å². The molecule has 11 nitrogen and oxygen atoms in total. The van der Waals surface area contributed by atoms with Crippen molar-refractivity contribution in [2.24, 2.45) is 11.7 Å². The van der Waals surface area contributed by atoms with Gasteiger partial charge in [-0.15, -0.1) is 0 Å². The number of esters is 2. The second-order valence-corrected chi connectivity index (χ2v) is 7.25. The van der Waals surface area contributed by atoms with E-state index in [4.69, 9.17) is 34.2 Å². The zero-order chi connectivity index (χ0) is 25.0. The van der Waals surface area contributed by atoms with Gasteiger partial charge in [-0.05, 0) is 31.5 Å². The number of rotatable bonds is 11. The van der Waals surface area contributed by atoms with Gasteiger partial charge in [0.15, 0.2) is 11.5 Å². The average molecular weight is 469 g/mol. The Hall–Kier alpha value is -3.34. The first-order valence-corrected chi connectivity index (χ1v) is 10.4. The van der Waals surface area contributed by atoms with Crippen molar-refractivity contribution >= 4 is 24.2 Å². The van der Waals surface area contributed by atoms with E-state index >= 15 is 0 Å². The summed E-state index contributed by atoms with van der Waals surface area (Å²) in [7, 11) is 1.19. The average Bonchev–Trinajstić information content (AvgIpc) is 2.75. The van der Waals surface area contributed by atoms with Crippen LogP contribution in [0.5, 0.6) is 11.5 Å². The Morgan fingerprint density at radius 3 is 2.03 bits per heavy atom. The molecular formula is C22H31NO10. The molecule has 184 valence electrons. The standard InChI is InChI=1S/C22H31NO10/c1-6-29-20(26)32-16-9-8-15(12-17(16)33-21(27)30-7-2)13-22(23,19(25)28-5)10-11-31-18(24)14(3)4/h8-9,12,14H,6-7,10-11,13,23H2,1-5H3/t22-/m1/s1. The molecule has 0 heterocycles. The summed E-state index contributed by atoms with van der Waals surface area (Å²) in [5.41, 5.74) is 5.21. The molecular weight excluding hydrogens is 438 g/mol. The summed E-state index contributed by atoms with van der Waals surface area (Å²) in [5.74, 6) is -1.71. The van der Waals surface area contributed by atoms with Crippen LogP contribution in [0.1, 0.15) is 39.7 Å². The molecule has 1 rings (SSSR count). The highest BCUT2D eigenvalue weighted by molar-refractivity contribution is 5.81. The summed E-state index contributed by atoms with van der Waals surface area (Å²) in [4.78, 5) is 47.6. The number of nitrogens with two attached hydrogens (primary N) is 1. The van der Waals surface area contributed by atoms with E-state index in [0.717, 1.165) is 0 Å². The van der Waals surface area contributed by atoms with Gasteiger partial charge in [-0.1, -0.05) is 19.9 Å². The number of carbonyl (C=O) groups excluding carboxylic acids is 4. The van der Waals surface area contributed by atoms with Gasteiger partial charge in [0.1, 0.15) is 5.54 Å². The predicted octanol–water partition coefficient (Wildman–Crippen LogP) is 2.76. The Kier molecular flexibility index (Phi) is 11.1. The lowest BCUT2D eigenvalue weighted by molar-refractivity contribution is -0.152. The number of benzene rings is 1. The van der Waals surface area contributed by atoms with Crippen molar-refractivity contribution in [1.82, 2.24) is 0 Å². The molecule has 0 fully saturated rings. The smallest absolute Gasteiger partial charge is 0.468 e. The van der Waals surface area contributed by atoms with Gasteiger partial charge in [-0.3, -0.25) is 9.59 Å². The molecule has 11 heteroatoms. The van der Waals surface area contributed by atoms with E-state index in [-0.39, 0.29) is 50.1 Å². The number of methoxy groups -OCH3 is 1. The van der Waals surface area contributed by atoms with Crippen LogP contribution in [0.25, 0.3) is 0 Å². The third-order valence-corrected chi connectivity index (χ3v) is 4.29. The predicted molar refractivity (Wildman–Crippen MR) is 115 cm³/mol. The highest BCUT2D eigenvalue weighted by Gasteiger charge is 2.36. The number of hydrogen-bond acceptors (Lipinski definition) is 11. The molecule has 0 aliphatic carbocycles. The molecule has 0 radical (unpaired) electrons. The van der Waals surface area contributed by atoms with E-state index in [1.54, 1.807) is 27.7 Å². The van der Waals surface area contributed by atoms with Crippen LogP contribution in [0.15, 0.2) is 18.2 Å². The maximum Gasteiger partial charge on any atom is 0.513 e. The first-order valence-electron chi connectivity index (χ1n) is 10.4. The summed E-state index contributed by atoms with van der Waals surface area (Å²) < 4.78 is 29.6. The fourth-order valence-corrected chi connectivity index (χ4v) is 2.63. The fourth-order valence-electron chi connectivity index (χ4n) is 2.63. The third-order valence-electron chi connectivity index (χ3n) is 4.29. The maximum absolute atomic E-state index is 12.4. The molecule has 1 aromatic rings. The monoisotopic (exact) mass is 469 g/mol. The van der Waals surface area contributed by atoms with Gasteiger partial charge in [-0.2, -0.15) is 0 Å². The zero-order valence-electron chi connectivity index (χ0n) is 19.5. The van der Waals surface area contributed by atoms with Crippen LogP contribution in [0.3, 0.4) is 0 Å². The van der Waals surface area contributed by atoms with Crippen LogP contribution < -0.4 is 15.2 Å². The molecule has 0 saturated heterocycles. The van der Waals surface area contributed by atoms with Crippen molar-refractivity contribution in [3.8, 4) is 11.5 Å². The van der Waals surface area contributed by atoms with Crippen molar-refractivity contribution in [2.75, 3.05) is 26.9 Å². The lowest BCUT2D eigenvalue weighted by Gasteiger charge is -2.27. The van der Waals surface area contributed by atoms with Crippen molar-refractivity contribution in [3.63, 3.8) is 0 Å². The number of hydrogen-bond donors (Lipinski definition) is 1. The van der Waals surface area contributed by atoms with Crippen LogP contribution in [-0.4, -0.2) is 56.7 Å². The Morgan fingerprint density at radius 1 is 0.939 bits per heavy atom. The van der Waals surface area contributed by atoms with Crippen LogP contribution >= 0.6 is 0 Å². The minimum atomic E-state index is -1.54. The molecule has 0 saturated carbocycles. The second-order valence-electron chi connectivity index (χ2n) is 7.25. The number of ether oxygens (including phenoxy) is 6. The van der Waals surface area contributed by atoms with Crippen molar-refractivity contribution in [3.05, 3.63) is 23.8 Å². The van der Waals surface area contributed by atoms with Gasteiger partial charge in [-0.25, -0.2) is 9.59 Å². The molecule has 1 atom stereocenters. The van der Waals surface area contributed by atoms with E-state index in [1.165, 1.54) is 25.3 Å². The lowest BCUT2D eigenvalue weighted by Crippen LogP contribution is -2.51. The SMILES string of the molecule is CCOC(=O)Oc1ccc(C[C@](N)(CCOC(=O)C(C)C)C(=O)OC)cc1OC(=O)OCC. The van der Waals surface area contributed by atoms with E-state index in [9.17, 15) is 19.2 Å². The van der Waals surface area contributed by atoms with Gasteiger partial charge in [0.25, 0.3) is 0 Å². The van der Waals surface area contributed by atoms with Crippen LogP contribution in [0, 0.1) is 5.92 Å². The quantitative estimate of drug-likeness (QED) is 0.289. The van der Waals surface area contributed by atoms with Gasteiger partial charge in [0, 0.05) is 12.8 Å². The maximum atomic E-state index is 12.4. The van der Waals surface area contributed by atoms with E-state index < -0.39 is 29.8 Å². The fraction of sp³-hybridized carbons (Fsp3) is 0.545. The van der Waals surface area contributed by atoms with Crippen LogP contribution in [-0.2, 0) is 35.0 Å². The first-order chi connectivity index (χ1) is 15.6. The minimum absolute atomic E-state index is 0.0206. The lowest BCUT2D eigenvalue weighted by atomic mass is 9.88. The Morgan fingerprint density at radius 2 is 1.52 bits per heavy atom. The van der Waals surface area contributed by atoms with E-state index in [1.807, 2.05) is 0 Å². The molecule has 0 unspecified atom stereocenters. The Bertz CT molecular complexity index is 838.